The average molecular weight is 391 g/mol. The van der Waals surface area contributed by atoms with Crippen molar-refractivity contribution in [2.24, 2.45) is 7.05 Å². The van der Waals surface area contributed by atoms with Crippen molar-refractivity contribution >= 4 is 17.0 Å². The quantitative estimate of drug-likeness (QED) is 0.536. The normalized spacial score (nSPS) is 12.2. The molecule has 1 aromatic carbocycles. The van der Waals surface area contributed by atoms with Crippen LogP contribution in [0.5, 0.6) is 0 Å². The van der Waals surface area contributed by atoms with Crippen molar-refractivity contribution in [1.82, 2.24) is 29.3 Å². The number of nitrogens with zero attached hydrogens (tertiary/aromatic N) is 5. The fourth-order valence-corrected chi connectivity index (χ4v) is 3.33. The summed E-state index contributed by atoms with van der Waals surface area (Å²) in [5, 5.41) is 7.79. The molecule has 0 fully saturated rings. The number of H-pyrrole nitrogens is 1. The van der Waals surface area contributed by atoms with Crippen LogP contribution < -0.4 is 16.6 Å². The van der Waals surface area contributed by atoms with Gasteiger partial charge in [0, 0.05) is 25.0 Å². The van der Waals surface area contributed by atoms with Gasteiger partial charge in [-0.05, 0) is 19.4 Å². The molecular formula is C20H21N7O2. The minimum absolute atomic E-state index is 0.0914. The number of hydrogen-bond acceptors (Lipinski definition) is 6. The third-order valence-corrected chi connectivity index (χ3v) is 4.78. The van der Waals surface area contributed by atoms with Crippen LogP contribution in [-0.4, -0.2) is 29.3 Å². The molecule has 0 spiro atoms. The number of anilines is 1. The highest BCUT2D eigenvalue weighted by molar-refractivity contribution is 5.73. The summed E-state index contributed by atoms with van der Waals surface area (Å²) in [7, 11) is 1.86. The van der Waals surface area contributed by atoms with Crippen LogP contribution in [0.2, 0.25) is 0 Å². The van der Waals surface area contributed by atoms with E-state index in [2.05, 4.69) is 25.4 Å². The lowest BCUT2D eigenvalue weighted by molar-refractivity contribution is 0.709. The van der Waals surface area contributed by atoms with Gasteiger partial charge in [-0.3, -0.25) is 19.0 Å². The summed E-state index contributed by atoms with van der Waals surface area (Å²) >= 11 is 0. The number of aryl methyl sites for hydroxylation is 2. The van der Waals surface area contributed by atoms with E-state index in [0.29, 0.717) is 5.95 Å². The summed E-state index contributed by atoms with van der Waals surface area (Å²) in [5.41, 5.74) is 2.06. The summed E-state index contributed by atoms with van der Waals surface area (Å²) in [4.78, 5) is 36.5. The zero-order valence-corrected chi connectivity index (χ0v) is 16.4. The van der Waals surface area contributed by atoms with Crippen LogP contribution in [-0.2, 0) is 13.6 Å². The van der Waals surface area contributed by atoms with E-state index < -0.39 is 11.2 Å². The molecule has 1 atom stereocenters. The highest BCUT2D eigenvalue weighted by atomic mass is 16.2. The minimum atomic E-state index is -0.507. The number of fused-ring (bicyclic) bond motifs is 1. The summed E-state index contributed by atoms with van der Waals surface area (Å²) in [6.07, 6.45) is 3.37. The van der Waals surface area contributed by atoms with E-state index in [-0.39, 0.29) is 23.6 Å². The lowest BCUT2D eigenvalue weighted by atomic mass is 10.1. The van der Waals surface area contributed by atoms with Crippen LogP contribution in [0, 0.1) is 6.92 Å². The Morgan fingerprint density at radius 2 is 1.97 bits per heavy atom. The van der Waals surface area contributed by atoms with Crippen molar-refractivity contribution in [3.05, 3.63) is 80.4 Å². The zero-order valence-electron chi connectivity index (χ0n) is 16.4. The molecule has 1 unspecified atom stereocenters. The highest BCUT2D eigenvalue weighted by Gasteiger charge is 2.15. The van der Waals surface area contributed by atoms with E-state index in [1.165, 1.54) is 6.20 Å². The Morgan fingerprint density at radius 3 is 2.66 bits per heavy atom. The number of aromatic nitrogens is 6. The average Bonchev–Trinajstić information content (AvgIpc) is 3.04. The molecule has 0 bridgehead atoms. The summed E-state index contributed by atoms with van der Waals surface area (Å²) in [6, 6.07) is 9.24. The molecule has 3 heterocycles. The molecule has 0 aliphatic carbocycles. The van der Waals surface area contributed by atoms with Crippen LogP contribution in [0.15, 0.2) is 52.3 Å². The first-order valence-electron chi connectivity index (χ1n) is 9.23. The molecule has 4 rings (SSSR count). The van der Waals surface area contributed by atoms with Crippen LogP contribution in [0.1, 0.15) is 29.8 Å². The van der Waals surface area contributed by atoms with Gasteiger partial charge in [-0.2, -0.15) is 10.1 Å². The Balaban J connectivity index is 1.66. The largest absolute Gasteiger partial charge is 0.348 e. The number of aromatic amines is 1. The van der Waals surface area contributed by atoms with Crippen LogP contribution in [0.3, 0.4) is 0 Å². The minimum Gasteiger partial charge on any atom is -0.348 e. The van der Waals surface area contributed by atoms with Crippen LogP contribution >= 0.6 is 0 Å². The number of hydrogen-bond donors (Lipinski definition) is 2. The smallest absolute Gasteiger partial charge is 0.330 e. The summed E-state index contributed by atoms with van der Waals surface area (Å²) in [6.45, 7) is 4.09. The Hall–Kier alpha value is -3.75. The van der Waals surface area contributed by atoms with Gasteiger partial charge in [0.15, 0.2) is 5.65 Å². The topological polar surface area (TPSA) is 110 Å². The van der Waals surface area contributed by atoms with Crippen molar-refractivity contribution < 1.29 is 0 Å². The second kappa shape index (κ2) is 7.34. The molecule has 3 aromatic heterocycles. The highest BCUT2D eigenvalue weighted by Crippen LogP contribution is 2.19. The third kappa shape index (κ3) is 3.66. The molecule has 9 nitrogen and oxygen atoms in total. The molecule has 0 aliphatic rings. The maximum absolute atomic E-state index is 12.8. The van der Waals surface area contributed by atoms with Gasteiger partial charge in [0.2, 0.25) is 5.95 Å². The van der Waals surface area contributed by atoms with E-state index in [0.717, 1.165) is 21.4 Å². The molecule has 9 heteroatoms. The number of benzene rings is 1. The maximum atomic E-state index is 12.8. The Bertz CT molecular complexity index is 1290. The van der Waals surface area contributed by atoms with E-state index in [4.69, 9.17) is 0 Å². The van der Waals surface area contributed by atoms with Gasteiger partial charge in [-0.15, -0.1) is 0 Å². The second-order valence-electron chi connectivity index (χ2n) is 6.97. The molecule has 148 valence electrons. The fourth-order valence-electron chi connectivity index (χ4n) is 3.33. The van der Waals surface area contributed by atoms with Crippen molar-refractivity contribution in [2.75, 3.05) is 5.32 Å². The van der Waals surface area contributed by atoms with Crippen molar-refractivity contribution in [2.45, 2.75) is 26.4 Å². The molecule has 29 heavy (non-hydrogen) atoms. The third-order valence-electron chi connectivity index (χ3n) is 4.78. The van der Waals surface area contributed by atoms with Gasteiger partial charge in [0.1, 0.15) is 5.39 Å². The van der Waals surface area contributed by atoms with Crippen LogP contribution in [0.25, 0.3) is 11.0 Å². The first kappa shape index (κ1) is 18.6. The van der Waals surface area contributed by atoms with Crippen molar-refractivity contribution in [1.29, 1.82) is 0 Å². The molecule has 0 amide bonds. The lowest BCUT2D eigenvalue weighted by Crippen LogP contribution is -2.35. The van der Waals surface area contributed by atoms with Gasteiger partial charge in [-0.25, -0.2) is 9.78 Å². The molecule has 0 aliphatic heterocycles. The second-order valence-corrected chi connectivity index (χ2v) is 6.97. The molecule has 0 saturated carbocycles. The first-order valence-corrected chi connectivity index (χ1v) is 9.23. The van der Waals surface area contributed by atoms with Crippen LogP contribution in [0.4, 0.5) is 5.95 Å². The van der Waals surface area contributed by atoms with E-state index in [1.54, 1.807) is 4.68 Å². The molecule has 0 radical (unpaired) electrons. The molecule has 4 aromatic rings. The fraction of sp³-hybridized carbons (Fsp3) is 0.250. The lowest BCUT2D eigenvalue weighted by Gasteiger charge is -2.13. The summed E-state index contributed by atoms with van der Waals surface area (Å²) in [5.74, 6) is 0.323. The summed E-state index contributed by atoms with van der Waals surface area (Å²) < 4.78 is 2.90. The maximum Gasteiger partial charge on any atom is 0.330 e. The van der Waals surface area contributed by atoms with E-state index in [9.17, 15) is 9.59 Å². The van der Waals surface area contributed by atoms with E-state index >= 15 is 0 Å². The first-order chi connectivity index (χ1) is 13.9. The number of rotatable bonds is 5. The van der Waals surface area contributed by atoms with Gasteiger partial charge in [-0.1, -0.05) is 30.3 Å². The Morgan fingerprint density at radius 1 is 1.21 bits per heavy atom. The monoisotopic (exact) mass is 391 g/mol. The van der Waals surface area contributed by atoms with Gasteiger partial charge in [0.05, 0.1) is 18.3 Å². The number of nitrogens with one attached hydrogen (secondary N) is 2. The predicted octanol–water partition coefficient (Wildman–Crippen LogP) is 1.74. The predicted molar refractivity (Wildman–Crippen MR) is 110 cm³/mol. The standard InChI is InChI=1S/C20H21N7O2/c1-12(16-11-26(3)25-13(16)2)22-19-21-9-15-17(23-19)24-20(29)27(18(15)28)10-14-7-5-4-6-8-14/h4-9,11-12H,10H2,1-3H3,(H2,21,22,23,24,29). The Kier molecular flexibility index (Phi) is 4.71. The van der Waals surface area contributed by atoms with Gasteiger partial charge in [0.25, 0.3) is 5.56 Å². The SMILES string of the molecule is Cc1nn(C)cc1C(C)Nc1ncc2c(=O)n(Cc3ccccc3)c(=O)[nH]c2n1. The van der Waals surface area contributed by atoms with Crippen molar-refractivity contribution in [3.8, 4) is 0 Å². The molecule has 0 saturated heterocycles. The van der Waals surface area contributed by atoms with Gasteiger partial charge < -0.3 is 5.32 Å². The van der Waals surface area contributed by atoms with E-state index in [1.807, 2.05) is 57.4 Å². The Labute approximate surface area is 166 Å². The van der Waals surface area contributed by atoms with Crippen molar-refractivity contribution in [3.63, 3.8) is 0 Å². The molecule has 2 N–H and O–H groups in total. The zero-order chi connectivity index (χ0) is 20.5. The molecular weight excluding hydrogens is 370 g/mol. The van der Waals surface area contributed by atoms with Gasteiger partial charge >= 0.3 is 5.69 Å².